The monoisotopic (exact) mass is 468 g/mol. The van der Waals surface area contributed by atoms with Gasteiger partial charge in [0.25, 0.3) is 5.91 Å². The van der Waals surface area contributed by atoms with Crippen LogP contribution in [0.4, 0.5) is 5.13 Å². The number of benzene rings is 3. The average molecular weight is 469 g/mol. The van der Waals surface area contributed by atoms with E-state index in [1.807, 2.05) is 54.6 Å². The molecule has 3 aromatic carbocycles. The van der Waals surface area contributed by atoms with Crippen LogP contribution in [0, 0.1) is 0 Å². The number of thiazole rings is 1. The lowest BCUT2D eigenvalue weighted by molar-refractivity contribution is -0.117. The first-order valence-electron chi connectivity index (χ1n) is 11.1. The summed E-state index contributed by atoms with van der Waals surface area (Å²) < 4.78 is 0.925. The topological polar surface area (TPSA) is 70.5 Å². The fraction of sp³-hybridized carbons (Fsp3) is 0.179. The molecule has 2 heterocycles. The fourth-order valence-corrected chi connectivity index (χ4v) is 5.22. The average Bonchev–Trinajstić information content (AvgIpc) is 3.37. The highest BCUT2D eigenvalue weighted by Gasteiger charge is 2.45. The molecule has 1 atom stereocenters. The summed E-state index contributed by atoms with van der Waals surface area (Å²) in [6, 6.07) is 23.4. The van der Waals surface area contributed by atoms with Crippen LogP contribution in [0.25, 0.3) is 10.2 Å². The van der Waals surface area contributed by atoms with Crippen molar-refractivity contribution in [1.29, 1.82) is 0 Å². The molecular formula is C28H24N2O3S. The van der Waals surface area contributed by atoms with Gasteiger partial charge in [-0.1, -0.05) is 98.8 Å². The molecule has 0 bridgehead atoms. The summed E-state index contributed by atoms with van der Waals surface area (Å²) in [7, 11) is 0. The van der Waals surface area contributed by atoms with Gasteiger partial charge in [-0.15, -0.1) is 0 Å². The van der Waals surface area contributed by atoms with Gasteiger partial charge >= 0.3 is 0 Å². The van der Waals surface area contributed by atoms with E-state index < -0.39 is 17.7 Å². The van der Waals surface area contributed by atoms with Crippen molar-refractivity contribution < 1.29 is 14.7 Å². The number of aliphatic hydroxyl groups is 1. The molecule has 1 N–H and O–H groups in total. The largest absolute Gasteiger partial charge is 0.503 e. The Bertz CT molecular complexity index is 1400. The molecular weight excluding hydrogens is 444 g/mol. The van der Waals surface area contributed by atoms with Crippen molar-refractivity contribution in [3.63, 3.8) is 0 Å². The van der Waals surface area contributed by atoms with E-state index in [1.54, 1.807) is 24.3 Å². The number of amides is 1. The van der Waals surface area contributed by atoms with E-state index in [4.69, 9.17) is 0 Å². The predicted molar refractivity (Wildman–Crippen MR) is 135 cm³/mol. The number of para-hydroxylation sites is 1. The van der Waals surface area contributed by atoms with Gasteiger partial charge in [0.15, 0.2) is 16.7 Å². The zero-order chi connectivity index (χ0) is 24.0. The highest BCUT2D eigenvalue weighted by molar-refractivity contribution is 7.22. The number of anilines is 1. The number of fused-ring (bicyclic) bond motifs is 1. The Morgan fingerprint density at radius 1 is 0.941 bits per heavy atom. The fourth-order valence-electron chi connectivity index (χ4n) is 4.22. The first-order chi connectivity index (χ1) is 16.3. The van der Waals surface area contributed by atoms with Crippen LogP contribution in [0.5, 0.6) is 0 Å². The van der Waals surface area contributed by atoms with Crippen molar-refractivity contribution in [2.45, 2.75) is 32.2 Å². The Morgan fingerprint density at radius 2 is 1.59 bits per heavy atom. The summed E-state index contributed by atoms with van der Waals surface area (Å²) in [5.74, 6) is -1.53. The predicted octanol–water partition coefficient (Wildman–Crippen LogP) is 6.38. The van der Waals surface area contributed by atoms with Crippen molar-refractivity contribution >= 4 is 38.4 Å². The molecule has 5 nitrogen and oxygen atoms in total. The summed E-state index contributed by atoms with van der Waals surface area (Å²) in [6.45, 7) is 6.39. The minimum Gasteiger partial charge on any atom is -0.503 e. The van der Waals surface area contributed by atoms with E-state index in [2.05, 4.69) is 25.8 Å². The van der Waals surface area contributed by atoms with Gasteiger partial charge in [0, 0.05) is 5.56 Å². The first kappa shape index (κ1) is 22.0. The quantitative estimate of drug-likeness (QED) is 0.353. The molecule has 1 aromatic heterocycles. The number of aliphatic hydroxyl groups excluding tert-OH is 1. The maximum Gasteiger partial charge on any atom is 0.296 e. The standard InChI is InChI=1S/C28H24N2O3S/c1-28(2,3)19-15-13-17(14-16-19)23-22(24(31)18-9-5-4-6-10-18)25(32)26(33)30(23)27-29-20-11-7-8-12-21(20)34-27/h4-16,23,32H,1-3H3. The van der Waals surface area contributed by atoms with Gasteiger partial charge in [0.05, 0.1) is 21.8 Å². The van der Waals surface area contributed by atoms with Crippen molar-refractivity contribution in [1.82, 2.24) is 4.98 Å². The lowest BCUT2D eigenvalue weighted by Crippen LogP contribution is -2.31. The number of carbonyl (C=O) groups is 2. The third-order valence-electron chi connectivity index (χ3n) is 6.07. The molecule has 6 heteroatoms. The summed E-state index contributed by atoms with van der Waals surface area (Å²) in [4.78, 5) is 33.0. The Balaban J connectivity index is 1.67. The maximum atomic E-state index is 13.5. The van der Waals surface area contributed by atoms with Gasteiger partial charge in [-0.05, 0) is 28.7 Å². The molecule has 170 valence electrons. The van der Waals surface area contributed by atoms with Gasteiger partial charge in [-0.3, -0.25) is 14.5 Å². The van der Waals surface area contributed by atoms with E-state index in [0.29, 0.717) is 10.7 Å². The smallest absolute Gasteiger partial charge is 0.296 e. The molecule has 1 aliphatic rings. The molecule has 0 spiro atoms. The molecule has 0 aliphatic carbocycles. The van der Waals surface area contributed by atoms with Crippen LogP contribution >= 0.6 is 11.3 Å². The number of rotatable bonds is 4. The molecule has 1 unspecified atom stereocenters. The molecule has 0 saturated heterocycles. The van der Waals surface area contributed by atoms with Crippen molar-refractivity contribution in [2.75, 3.05) is 4.90 Å². The van der Waals surface area contributed by atoms with E-state index in [-0.39, 0.29) is 16.8 Å². The van der Waals surface area contributed by atoms with Crippen LogP contribution < -0.4 is 4.90 Å². The number of nitrogens with zero attached hydrogens (tertiary/aromatic N) is 2. The summed E-state index contributed by atoms with van der Waals surface area (Å²) >= 11 is 1.36. The van der Waals surface area contributed by atoms with E-state index in [0.717, 1.165) is 21.3 Å². The molecule has 0 radical (unpaired) electrons. The molecule has 1 amide bonds. The summed E-state index contributed by atoms with van der Waals surface area (Å²) in [5, 5.41) is 11.4. The summed E-state index contributed by atoms with van der Waals surface area (Å²) in [6.07, 6.45) is 0. The zero-order valence-corrected chi connectivity index (χ0v) is 20.0. The molecule has 4 aromatic rings. The zero-order valence-electron chi connectivity index (χ0n) is 19.1. The minimum atomic E-state index is -0.783. The second-order valence-corrected chi connectivity index (χ2v) is 10.4. The second kappa shape index (κ2) is 8.22. The first-order valence-corrected chi connectivity index (χ1v) is 11.9. The Kier molecular flexibility index (Phi) is 5.33. The van der Waals surface area contributed by atoms with Gasteiger partial charge in [0.1, 0.15) is 0 Å². The second-order valence-electron chi connectivity index (χ2n) is 9.37. The Labute approximate surface area is 202 Å². The van der Waals surface area contributed by atoms with E-state index >= 15 is 0 Å². The van der Waals surface area contributed by atoms with Crippen LogP contribution in [-0.2, 0) is 10.2 Å². The number of hydrogen-bond acceptors (Lipinski definition) is 5. The van der Waals surface area contributed by atoms with Gasteiger partial charge < -0.3 is 5.11 Å². The maximum absolute atomic E-state index is 13.5. The molecule has 1 aliphatic heterocycles. The van der Waals surface area contributed by atoms with Crippen molar-refractivity contribution in [2.24, 2.45) is 0 Å². The molecule has 0 saturated carbocycles. The van der Waals surface area contributed by atoms with Gasteiger partial charge in [-0.25, -0.2) is 4.98 Å². The van der Waals surface area contributed by atoms with Gasteiger partial charge in [0.2, 0.25) is 0 Å². The van der Waals surface area contributed by atoms with Crippen LogP contribution in [0.3, 0.4) is 0 Å². The Hall–Kier alpha value is -3.77. The lowest BCUT2D eigenvalue weighted by atomic mass is 9.85. The number of Topliss-reactive ketones (excluding diaryl/α,β-unsaturated/α-hetero) is 1. The number of hydrogen-bond donors (Lipinski definition) is 1. The molecule has 0 fully saturated rings. The van der Waals surface area contributed by atoms with E-state index in [9.17, 15) is 14.7 Å². The molecule has 5 rings (SSSR count). The highest BCUT2D eigenvalue weighted by atomic mass is 32.1. The molecule has 34 heavy (non-hydrogen) atoms. The third-order valence-corrected chi connectivity index (χ3v) is 7.11. The van der Waals surface area contributed by atoms with Crippen LogP contribution in [0.2, 0.25) is 0 Å². The van der Waals surface area contributed by atoms with Crippen LogP contribution in [0.1, 0.15) is 48.3 Å². The van der Waals surface area contributed by atoms with Crippen LogP contribution in [0.15, 0.2) is 90.2 Å². The number of ketones is 1. The van der Waals surface area contributed by atoms with Crippen molar-refractivity contribution in [3.05, 3.63) is 107 Å². The van der Waals surface area contributed by atoms with E-state index in [1.165, 1.54) is 16.2 Å². The van der Waals surface area contributed by atoms with Crippen LogP contribution in [-0.4, -0.2) is 21.8 Å². The number of carbonyl (C=O) groups excluding carboxylic acids is 2. The van der Waals surface area contributed by atoms with Gasteiger partial charge in [-0.2, -0.15) is 0 Å². The Morgan fingerprint density at radius 3 is 2.24 bits per heavy atom. The summed E-state index contributed by atoms with van der Waals surface area (Å²) in [5.41, 5.74) is 3.08. The lowest BCUT2D eigenvalue weighted by Gasteiger charge is -2.26. The van der Waals surface area contributed by atoms with Crippen molar-refractivity contribution in [3.8, 4) is 0 Å². The normalized spacial score (nSPS) is 16.5. The highest BCUT2D eigenvalue weighted by Crippen LogP contribution is 2.44. The minimum absolute atomic E-state index is 0.0442. The third kappa shape index (κ3) is 3.70. The number of aromatic nitrogens is 1. The SMILES string of the molecule is CC(C)(C)c1ccc(C2C(C(=O)c3ccccc3)=C(O)C(=O)N2c2nc3ccccc3s2)cc1.